The van der Waals surface area contributed by atoms with Crippen molar-refractivity contribution < 1.29 is 4.79 Å². The second-order valence-corrected chi connectivity index (χ2v) is 2.33. The quantitative estimate of drug-likeness (QED) is 0.619. The Morgan fingerprint density at radius 3 is 2.70 bits per heavy atom. The van der Waals surface area contributed by atoms with Crippen LogP contribution in [-0.4, -0.2) is 10.8 Å². The minimum absolute atomic E-state index is 0.0969. The van der Waals surface area contributed by atoms with Gasteiger partial charge in [-0.05, 0) is 18.1 Å². The predicted octanol–water partition coefficient (Wildman–Crippen LogP) is 1.78. The highest BCUT2D eigenvalue weighted by Crippen LogP contribution is 2.03. The van der Waals surface area contributed by atoms with Crippen LogP contribution in [-0.2, 0) is 6.42 Å². The molecule has 1 aromatic heterocycles. The Morgan fingerprint density at radius 2 is 2.40 bits per heavy atom. The van der Waals surface area contributed by atoms with Gasteiger partial charge in [-0.3, -0.25) is 4.79 Å². The number of hydrogen-bond acceptors (Lipinski definition) is 1. The molecule has 1 rings (SSSR count). The second kappa shape index (κ2) is 2.69. The molecule has 0 radical (unpaired) electrons. The minimum atomic E-state index is 0.0969. The van der Waals surface area contributed by atoms with Crippen molar-refractivity contribution in [3.05, 3.63) is 23.5 Å². The van der Waals surface area contributed by atoms with Crippen LogP contribution < -0.4 is 0 Å². The van der Waals surface area contributed by atoms with E-state index in [2.05, 4.69) is 11.9 Å². The first-order chi connectivity index (χ1) is 4.74. The molecule has 0 saturated heterocycles. The van der Waals surface area contributed by atoms with Crippen molar-refractivity contribution in [1.82, 2.24) is 4.98 Å². The molecule has 0 unspecified atom stereocenters. The van der Waals surface area contributed by atoms with Crippen LogP contribution >= 0.6 is 0 Å². The number of aryl methyl sites for hydroxylation is 1. The molecule has 0 amide bonds. The number of carbonyl (C=O) groups is 1. The first-order valence-corrected chi connectivity index (χ1v) is 3.42. The first-order valence-electron chi connectivity index (χ1n) is 3.42. The molecule has 0 atom stereocenters. The zero-order valence-corrected chi connectivity index (χ0v) is 6.27. The molecular formula is C8H11NO. The van der Waals surface area contributed by atoms with E-state index in [0.29, 0.717) is 5.69 Å². The number of aromatic amines is 1. The molecule has 1 aromatic rings. The third kappa shape index (κ3) is 1.26. The van der Waals surface area contributed by atoms with E-state index in [4.69, 9.17) is 0 Å². The van der Waals surface area contributed by atoms with Gasteiger partial charge in [-0.2, -0.15) is 0 Å². The maximum absolute atomic E-state index is 10.7. The summed E-state index contributed by atoms with van der Waals surface area (Å²) in [5, 5.41) is 0. The van der Waals surface area contributed by atoms with Gasteiger partial charge in [-0.1, -0.05) is 6.92 Å². The lowest BCUT2D eigenvalue weighted by Crippen LogP contribution is -1.89. The maximum Gasteiger partial charge on any atom is 0.175 e. The molecule has 0 spiro atoms. The molecule has 0 bridgehead atoms. The van der Waals surface area contributed by atoms with Crippen LogP contribution in [0.3, 0.4) is 0 Å². The Bertz CT molecular complexity index is 237. The average Bonchev–Trinajstić information content (AvgIpc) is 2.34. The summed E-state index contributed by atoms with van der Waals surface area (Å²) in [7, 11) is 0. The van der Waals surface area contributed by atoms with Crippen molar-refractivity contribution in [3.63, 3.8) is 0 Å². The molecule has 0 aliphatic carbocycles. The fourth-order valence-electron chi connectivity index (χ4n) is 0.847. The van der Waals surface area contributed by atoms with Crippen LogP contribution in [0.1, 0.15) is 29.9 Å². The van der Waals surface area contributed by atoms with Crippen molar-refractivity contribution in [3.8, 4) is 0 Å². The molecule has 0 aliphatic heterocycles. The van der Waals surface area contributed by atoms with Gasteiger partial charge < -0.3 is 4.98 Å². The second-order valence-electron chi connectivity index (χ2n) is 2.33. The molecule has 1 heterocycles. The standard InChI is InChI=1S/C8H11NO/c1-3-7-4-8(6(2)10)9-5-7/h4-5,9H,3H2,1-2H3. The highest BCUT2D eigenvalue weighted by molar-refractivity contribution is 5.92. The zero-order chi connectivity index (χ0) is 7.56. The van der Waals surface area contributed by atoms with Gasteiger partial charge >= 0.3 is 0 Å². The van der Waals surface area contributed by atoms with Gasteiger partial charge in [0, 0.05) is 13.1 Å². The van der Waals surface area contributed by atoms with E-state index in [1.165, 1.54) is 5.56 Å². The molecule has 2 heteroatoms. The maximum atomic E-state index is 10.7. The Labute approximate surface area is 60.3 Å². The number of nitrogens with one attached hydrogen (secondary N) is 1. The van der Waals surface area contributed by atoms with E-state index in [1.807, 2.05) is 12.3 Å². The SMILES string of the molecule is CCc1c[nH]c(C(C)=O)c1. The molecule has 1 N–H and O–H groups in total. The molecule has 10 heavy (non-hydrogen) atoms. The van der Waals surface area contributed by atoms with Crippen LogP contribution in [0.2, 0.25) is 0 Å². The third-order valence-corrected chi connectivity index (χ3v) is 1.53. The van der Waals surface area contributed by atoms with Crippen molar-refractivity contribution in [2.24, 2.45) is 0 Å². The normalized spacial score (nSPS) is 9.80. The summed E-state index contributed by atoms with van der Waals surface area (Å²) in [6.45, 7) is 3.62. The van der Waals surface area contributed by atoms with Crippen molar-refractivity contribution in [1.29, 1.82) is 0 Å². The van der Waals surface area contributed by atoms with E-state index in [9.17, 15) is 4.79 Å². The van der Waals surface area contributed by atoms with E-state index < -0.39 is 0 Å². The summed E-state index contributed by atoms with van der Waals surface area (Å²) in [6.07, 6.45) is 2.85. The summed E-state index contributed by atoms with van der Waals surface area (Å²) >= 11 is 0. The molecule has 54 valence electrons. The predicted molar refractivity (Wildman–Crippen MR) is 40.2 cm³/mol. The van der Waals surface area contributed by atoms with Gasteiger partial charge in [-0.15, -0.1) is 0 Å². The first kappa shape index (κ1) is 7.06. The lowest BCUT2D eigenvalue weighted by molar-refractivity contribution is 0.101. The van der Waals surface area contributed by atoms with Gasteiger partial charge in [0.05, 0.1) is 5.69 Å². The number of ketones is 1. The number of aromatic nitrogens is 1. The van der Waals surface area contributed by atoms with Crippen LogP contribution in [0.25, 0.3) is 0 Å². The topological polar surface area (TPSA) is 32.9 Å². The van der Waals surface area contributed by atoms with Gasteiger partial charge in [0.15, 0.2) is 5.78 Å². The van der Waals surface area contributed by atoms with Crippen molar-refractivity contribution in [2.45, 2.75) is 20.3 Å². The Kier molecular flexibility index (Phi) is 1.90. The van der Waals surface area contributed by atoms with Gasteiger partial charge in [0.1, 0.15) is 0 Å². The third-order valence-electron chi connectivity index (χ3n) is 1.53. The van der Waals surface area contributed by atoms with E-state index in [1.54, 1.807) is 6.92 Å². The van der Waals surface area contributed by atoms with Gasteiger partial charge in [0.2, 0.25) is 0 Å². The minimum Gasteiger partial charge on any atom is -0.359 e. The number of rotatable bonds is 2. The van der Waals surface area contributed by atoms with Crippen LogP contribution in [0.15, 0.2) is 12.3 Å². The smallest absolute Gasteiger partial charge is 0.175 e. The fraction of sp³-hybridized carbons (Fsp3) is 0.375. The zero-order valence-electron chi connectivity index (χ0n) is 6.27. The lowest BCUT2D eigenvalue weighted by atomic mass is 10.2. The summed E-state index contributed by atoms with van der Waals surface area (Å²) in [4.78, 5) is 13.6. The number of H-pyrrole nitrogens is 1. The molecule has 0 fully saturated rings. The number of hydrogen-bond donors (Lipinski definition) is 1. The molecule has 0 saturated carbocycles. The van der Waals surface area contributed by atoms with E-state index in [-0.39, 0.29) is 5.78 Å². The number of carbonyl (C=O) groups excluding carboxylic acids is 1. The van der Waals surface area contributed by atoms with E-state index in [0.717, 1.165) is 6.42 Å². The fourth-order valence-corrected chi connectivity index (χ4v) is 0.847. The van der Waals surface area contributed by atoms with Crippen LogP contribution in [0.4, 0.5) is 0 Å². The highest BCUT2D eigenvalue weighted by atomic mass is 16.1. The Hall–Kier alpha value is -1.05. The summed E-state index contributed by atoms with van der Waals surface area (Å²) < 4.78 is 0. The van der Waals surface area contributed by atoms with Gasteiger partial charge in [0.25, 0.3) is 0 Å². The van der Waals surface area contributed by atoms with Crippen molar-refractivity contribution in [2.75, 3.05) is 0 Å². The molecular weight excluding hydrogens is 126 g/mol. The number of Topliss-reactive ketones (excluding diaryl/α,β-unsaturated/α-hetero) is 1. The average molecular weight is 137 g/mol. The highest BCUT2D eigenvalue weighted by Gasteiger charge is 2.00. The lowest BCUT2D eigenvalue weighted by Gasteiger charge is -1.83. The van der Waals surface area contributed by atoms with Gasteiger partial charge in [-0.25, -0.2) is 0 Å². The van der Waals surface area contributed by atoms with Crippen LogP contribution in [0, 0.1) is 0 Å². The summed E-state index contributed by atoms with van der Waals surface area (Å²) in [5.41, 5.74) is 1.89. The summed E-state index contributed by atoms with van der Waals surface area (Å²) in [6, 6.07) is 1.89. The largest absolute Gasteiger partial charge is 0.359 e. The monoisotopic (exact) mass is 137 g/mol. The molecule has 0 aromatic carbocycles. The summed E-state index contributed by atoms with van der Waals surface area (Å²) in [5.74, 6) is 0.0969. The van der Waals surface area contributed by atoms with Crippen LogP contribution in [0.5, 0.6) is 0 Å². The van der Waals surface area contributed by atoms with Crippen molar-refractivity contribution >= 4 is 5.78 Å². The molecule has 0 aliphatic rings. The molecule has 2 nitrogen and oxygen atoms in total. The Morgan fingerprint density at radius 1 is 1.70 bits per heavy atom. The Balaban J connectivity index is 2.88. The van der Waals surface area contributed by atoms with E-state index >= 15 is 0 Å².